The minimum atomic E-state index is -0.0511. The maximum absolute atomic E-state index is 11.8. The van der Waals surface area contributed by atoms with Crippen molar-refractivity contribution in [1.29, 1.82) is 0 Å². The molecule has 2 N–H and O–H groups in total. The lowest BCUT2D eigenvalue weighted by Gasteiger charge is -2.18. The van der Waals surface area contributed by atoms with E-state index in [-0.39, 0.29) is 18.6 Å². The number of aliphatic hydroxyl groups excluding tert-OH is 1. The summed E-state index contributed by atoms with van der Waals surface area (Å²) in [5.41, 5.74) is 1.70. The molecular formula is C17H21N3O2. The van der Waals surface area contributed by atoms with Crippen LogP contribution in [-0.2, 0) is 11.4 Å². The normalized spacial score (nSPS) is 17.9. The smallest absolute Gasteiger partial charge is 0.222 e. The highest BCUT2D eigenvalue weighted by atomic mass is 16.3. The van der Waals surface area contributed by atoms with Crippen LogP contribution in [0.2, 0.25) is 0 Å². The van der Waals surface area contributed by atoms with Crippen LogP contribution in [0.5, 0.6) is 0 Å². The van der Waals surface area contributed by atoms with Crippen molar-refractivity contribution >= 4 is 22.6 Å². The number of hydrogen-bond acceptors (Lipinski definition) is 4. The molecule has 2 heterocycles. The summed E-state index contributed by atoms with van der Waals surface area (Å²) in [7, 11) is 0. The molecule has 1 aromatic heterocycles. The van der Waals surface area contributed by atoms with Gasteiger partial charge in [0, 0.05) is 36.5 Å². The summed E-state index contributed by atoms with van der Waals surface area (Å²) < 4.78 is 0. The van der Waals surface area contributed by atoms with Gasteiger partial charge in [-0.2, -0.15) is 0 Å². The Kier molecular flexibility index (Phi) is 4.24. The molecule has 1 atom stereocenters. The van der Waals surface area contributed by atoms with Crippen molar-refractivity contribution in [3.63, 3.8) is 0 Å². The number of nitrogens with one attached hydrogen (secondary N) is 1. The molecule has 5 heteroatoms. The number of carbonyl (C=O) groups is 1. The Morgan fingerprint density at radius 1 is 1.45 bits per heavy atom. The van der Waals surface area contributed by atoms with Gasteiger partial charge in [-0.3, -0.25) is 4.79 Å². The molecule has 116 valence electrons. The molecule has 0 aliphatic carbocycles. The number of hydrogen-bond donors (Lipinski definition) is 2. The number of benzene rings is 1. The molecule has 3 rings (SSSR count). The first-order valence-electron chi connectivity index (χ1n) is 7.75. The van der Waals surface area contributed by atoms with Crippen LogP contribution in [0.3, 0.4) is 0 Å². The number of pyridine rings is 1. The fraction of sp³-hybridized carbons (Fsp3) is 0.412. The summed E-state index contributed by atoms with van der Waals surface area (Å²) in [5.74, 6) is 0.912. The van der Waals surface area contributed by atoms with Crippen LogP contribution in [0, 0.1) is 0 Å². The molecule has 0 radical (unpaired) electrons. The Morgan fingerprint density at radius 2 is 2.27 bits per heavy atom. The fourth-order valence-electron chi connectivity index (χ4n) is 2.93. The third-order valence-corrected chi connectivity index (χ3v) is 4.16. The van der Waals surface area contributed by atoms with E-state index in [0.29, 0.717) is 13.0 Å². The lowest BCUT2D eigenvalue weighted by atomic mass is 10.1. The van der Waals surface area contributed by atoms with Crippen molar-refractivity contribution < 1.29 is 9.90 Å². The van der Waals surface area contributed by atoms with E-state index in [1.54, 1.807) is 0 Å². The van der Waals surface area contributed by atoms with Gasteiger partial charge in [0.15, 0.2) is 0 Å². The SMILES string of the molecule is CCC(=O)N1CCC(Nc2nc3ccccc3cc2CO)C1. The fourth-order valence-corrected chi connectivity index (χ4v) is 2.93. The van der Waals surface area contributed by atoms with Crippen LogP contribution >= 0.6 is 0 Å². The lowest BCUT2D eigenvalue weighted by molar-refractivity contribution is -0.129. The molecule has 5 nitrogen and oxygen atoms in total. The molecular weight excluding hydrogens is 278 g/mol. The van der Waals surface area contributed by atoms with E-state index in [2.05, 4.69) is 10.3 Å². The van der Waals surface area contributed by atoms with E-state index in [9.17, 15) is 9.90 Å². The first kappa shape index (κ1) is 14.8. The molecule has 0 bridgehead atoms. The summed E-state index contributed by atoms with van der Waals surface area (Å²) in [5, 5.41) is 14.0. The number of fused-ring (bicyclic) bond motifs is 1. The predicted molar refractivity (Wildman–Crippen MR) is 86.6 cm³/mol. The minimum absolute atomic E-state index is 0.0511. The highest BCUT2D eigenvalue weighted by Gasteiger charge is 2.25. The van der Waals surface area contributed by atoms with Crippen LogP contribution in [-0.4, -0.2) is 40.0 Å². The van der Waals surface area contributed by atoms with Gasteiger partial charge in [-0.25, -0.2) is 4.98 Å². The van der Waals surface area contributed by atoms with Crippen molar-refractivity contribution in [3.05, 3.63) is 35.9 Å². The van der Waals surface area contributed by atoms with E-state index < -0.39 is 0 Å². The molecule has 1 fully saturated rings. The Bertz CT molecular complexity index is 687. The van der Waals surface area contributed by atoms with Crippen LogP contribution < -0.4 is 5.32 Å². The standard InChI is InChI=1S/C17H21N3O2/c1-2-16(22)20-8-7-14(10-20)18-17-13(11-21)9-12-5-3-4-6-15(12)19-17/h3-6,9,14,21H,2,7-8,10-11H2,1H3,(H,18,19). The lowest BCUT2D eigenvalue weighted by Crippen LogP contribution is -2.31. The zero-order valence-electron chi connectivity index (χ0n) is 12.7. The van der Waals surface area contributed by atoms with Gasteiger partial charge in [-0.15, -0.1) is 0 Å². The van der Waals surface area contributed by atoms with E-state index in [1.165, 1.54) is 0 Å². The van der Waals surface area contributed by atoms with Gasteiger partial charge in [0.1, 0.15) is 5.82 Å². The molecule has 22 heavy (non-hydrogen) atoms. The van der Waals surface area contributed by atoms with Crippen LogP contribution in [0.4, 0.5) is 5.82 Å². The van der Waals surface area contributed by atoms with Gasteiger partial charge in [-0.05, 0) is 18.6 Å². The molecule has 1 aromatic carbocycles. The van der Waals surface area contributed by atoms with Gasteiger partial charge < -0.3 is 15.3 Å². The Labute approximate surface area is 130 Å². The summed E-state index contributed by atoms with van der Waals surface area (Å²) in [4.78, 5) is 18.3. The Hall–Kier alpha value is -2.14. The number of para-hydroxylation sites is 1. The number of anilines is 1. The van der Waals surface area contributed by atoms with Gasteiger partial charge in [0.25, 0.3) is 0 Å². The number of nitrogens with zero attached hydrogens (tertiary/aromatic N) is 2. The van der Waals surface area contributed by atoms with Crippen LogP contribution in [0.15, 0.2) is 30.3 Å². The molecule has 0 saturated carbocycles. The Balaban J connectivity index is 1.80. The minimum Gasteiger partial charge on any atom is -0.392 e. The number of aromatic nitrogens is 1. The third-order valence-electron chi connectivity index (χ3n) is 4.16. The average molecular weight is 299 g/mol. The highest BCUT2D eigenvalue weighted by molar-refractivity contribution is 5.81. The second kappa shape index (κ2) is 6.32. The Morgan fingerprint density at radius 3 is 3.05 bits per heavy atom. The van der Waals surface area contributed by atoms with Crippen molar-refractivity contribution in [1.82, 2.24) is 9.88 Å². The predicted octanol–water partition coefficient (Wildman–Crippen LogP) is 2.15. The summed E-state index contributed by atoms with van der Waals surface area (Å²) in [6.07, 6.45) is 1.45. The molecule has 1 aliphatic heterocycles. The molecule has 0 spiro atoms. The molecule has 2 aromatic rings. The summed E-state index contributed by atoms with van der Waals surface area (Å²) in [6.45, 7) is 3.32. The van der Waals surface area contributed by atoms with E-state index in [4.69, 9.17) is 0 Å². The zero-order chi connectivity index (χ0) is 15.5. The van der Waals surface area contributed by atoms with Gasteiger partial charge in [-0.1, -0.05) is 25.1 Å². The molecule has 1 saturated heterocycles. The first-order valence-corrected chi connectivity index (χ1v) is 7.75. The summed E-state index contributed by atoms with van der Waals surface area (Å²) in [6, 6.07) is 10.0. The van der Waals surface area contributed by atoms with E-state index >= 15 is 0 Å². The maximum atomic E-state index is 11.8. The van der Waals surface area contributed by atoms with Crippen molar-refractivity contribution in [2.24, 2.45) is 0 Å². The van der Waals surface area contributed by atoms with E-state index in [0.717, 1.165) is 35.2 Å². The van der Waals surface area contributed by atoms with Gasteiger partial charge >= 0.3 is 0 Å². The quantitative estimate of drug-likeness (QED) is 0.908. The average Bonchev–Trinajstić information content (AvgIpc) is 3.02. The maximum Gasteiger partial charge on any atom is 0.222 e. The van der Waals surface area contributed by atoms with Crippen LogP contribution in [0.25, 0.3) is 10.9 Å². The number of rotatable bonds is 4. The molecule has 1 amide bonds. The summed E-state index contributed by atoms with van der Waals surface area (Å²) >= 11 is 0. The second-order valence-electron chi connectivity index (χ2n) is 5.67. The van der Waals surface area contributed by atoms with Gasteiger partial charge in [0.2, 0.25) is 5.91 Å². The van der Waals surface area contributed by atoms with Crippen molar-refractivity contribution in [2.45, 2.75) is 32.4 Å². The van der Waals surface area contributed by atoms with E-state index in [1.807, 2.05) is 42.2 Å². The topological polar surface area (TPSA) is 65.5 Å². The zero-order valence-corrected chi connectivity index (χ0v) is 12.7. The second-order valence-corrected chi connectivity index (χ2v) is 5.67. The third kappa shape index (κ3) is 2.90. The highest BCUT2D eigenvalue weighted by Crippen LogP contribution is 2.23. The first-order chi connectivity index (χ1) is 10.7. The number of carbonyl (C=O) groups excluding carboxylic acids is 1. The van der Waals surface area contributed by atoms with Crippen molar-refractivity contribution in [2.75, 3.05) is 18.4 Å². The largest absolute Gasteiger partial charge is 0.392 e. The number of amides is 1. The monoisotopic (exact) mass is 299 g/mol. The number of likely N-dealkylation sites (tertiary alicyclic amines) is 1. The number of aliphatic hydroxyl groups is 1. The molecule has 1 unspecified atom stereocenters. The van der Waals surface area contributed by atoms with Crippen LogP contribution in [0.1, 0.15) is 25.3 Å². The molecule has 1 aliphatic rings. The van der Waals surface area contributed by atoms with Gasteiger partial charge in [0.05, 0.1) is 12.1 Å². The van der Waals surface area contributed by atoms with Crippen molar-refractivity contribution in [3.8, 4) is 0 Å².